The molecule has 0 aliphatic rings. The average molecular weight is 163 g/mol. The Morgan fingerprint density at radius 1 is 1.18 bits per heavy atom. The van der Waals surface area contributed by atoms with Gasteiger partial charge in [0.15, 0.2) is 0 Å². The summed E-state index contributed by atoms with van der Waals surface area (Å²) in [5.74, 6) is 0. The van der Waals surface area contributed by atoms with Crippen LogP contribution in [-0.4, -0.2) is 36.1 Å². The number of nitrogens with zero attached hydrogens (tertiary/aromatic N) is 1. The first-order chi connectivity index (χ1) is 4.76. The summed E-state index contributed by atoms with van der Waals surface area (Å²) in [7, 11) is 0. The van der Waals surface area contributed by atoms with Gasteiger partial charge in [-0.25, -0.2) is 0 Å². The van der Waals surface area contributed by atoms with Crippen molar-refractivity contribution in [3.8, 4) is 0 Å². The molecule has 1 N–H and O–H groups in total. The average Bonchev–Trinajstić information content (AvgIpc) is 1.93. The molecule has 0 aromatic heterocycles. The Labute approximate surface area is 70.0 Å². The maximum absolute atomic E-state index is 8.36. The van der Waals surface area contributed by atoms with Crippen molar-refractivity contribution in [2.75, 3.05) is 19.6 Å². The van der Waals surface area contributed by atoms with Gasteiger partial charge in [-0.2, -0.15) is 0 Å². The molecule has 3 nitrogen and oxygen atoms in total. The van der Waals surface area contributed by atoms with Crippen LogP contribution in [0, 0.1) is 0 Å². The highest BCUT2D eigenvalue weighted by atomic mass is 16.3. The topological polar surface area (TPSA) is 40.5 Å². The first kappa shape index (κ1) is 16.8. The summed E-state index contributed by atoms with van der Waals surface area (Å²) in [6.07, 6.45) is 0. The number of hydrogen-bond donors (Lipinski definition) is 1. The molecule has 0 saturated carbocycles. The highest BCUT2D eigenvalue weighted by molar-refractivity contribution is 5.32. The van der Waals surface area contributed by atoms with E-state index in [0.29, 0.717) is 0 Å². The van der Waals surface area contributed by atoms with Gasteiger partial charge < -0.3 is 10.0 Å². The third-order valence-electron chi connectivity index (χ3n) is 1.34. The monoisotopic (exact) mass is 163 g/mol. The van der Waals surface area contributed by atoms with Crippen molar-refractivity contribution in [1.82, 2.24) is 4.90 Å². The maximum Gasteiger partial charge on any atom is 0.290 e. The van der Waals surface area contributed by atoms with E-state index in [1.54, 1.807) is 0 Å². The molecule has 0 saturated heterocycles. The van der Waals surface area contributed by atoms with Gasteiger partial charge in [-0.05, 0) is 19.6 Å². The van der Waals surface area contributed by atoms with Crippen molar-refractivity contribution in [3.63, 3.8) is 0 Å². The lowest BCUT2D eigenvalue weighted by Gasteiger charge is -2.13. The summed E-state index contributed by atoms with van der Waals surface area (Å²) >= 11 is 0. The fraction of sp³-hybridized carbons (Fsp3) is 0.875. The van der Waals surface area contributed by atoms with Crippen LogP contribution >= 0.6 is 0 Å². The molecular formula is C8H21NO2. The summed E-state index contributed by atoms with van der Waals surface area (Å²) in [6.45, 7) is 9.88. The molecule has 3 heteroatoms. The molecule has 0 amide bonds. The Hall–Kier alpha value is -0.570. The van der Waals surface area contributed by atoms with Crippen molar-refractivity contribution < 1.29 is 9.90 Å². The Morgan fingerprint density at radius 3 is 1.36 bits per heavy atom. The lowest BCUT2D eigenvalue weighted by molar-refractivity contribution is -0.122. The minimum absolute atomic E-state index is 0. The lowest BCUT2D eigenvalue weighted by atomic mass is 10.5. The molecule has 0 fully saturated rings. The van der Waals surface area contributed by atoms with E-state index < -0.39 is 0 Å². The van der Waals surface area contributed by atoms with Gasteiger partial charge in [-0.3, -0.25) is 4.79 Å². The molecule has 70 valence electrons. The van der Waals surface area contributed by atoms with E-state index in [2.05, 4.69) is 25.7 Å². The van der Waals surface area contributed by atoms with E-state index in [-0.39, 0.29) is 13.9 Å². The van der Waals surface area contributed by atoms with Gasteiger partial charge in [-0.15, -0.1) is 0 Å². The second kappa shape index (κ2) is 16.2. The van der Waals surface area contributed by atoms with Crippen LogP contribution < -0.4 is 0 Å². The molecule has 0 atom stereocenters. The molecule has 0 spiro atoms. The minimum Gasteiger partial charge on any atom is -0.483 e. The largest absolute Gasteiger partial charge is 0.483 e. The van der Waals surface area contributed by atoms with Crippen LogP contribution in [0.3, 0.4) is 0 Å². The zero-order chi connectivity index (χ0) is 8.41. The van der Waals surface area contributed by atoms with E-state index in [1.807, 2.05) is 0 Å². The normalized spacial score (nSPS) is 7.64. The van der Waals surface area contributed by atoms with Gasteiger partial charge in [0.1, 0.15) is 0 Å². The van der Waals surface area contributed by atoms with Crippen LogP contribution in [0.25, 0.3) is 0 Å². The van der Waals surface area contributed by atoms with Crippen LogP contribution in [-0.2, 0) is 4.79 Å². The van der Waals surface area contributed by atoms with Crippen molar-refractivity contribution in [3.05, 3.63) is 0 Å². The summed E-state index contributed by atoms with van der Waals surface area (Å²) in [6, 6.07) is 0. The minimum atomic E-state index is -0.250. The summed E-state index contributed by atoms with van der Waals surface area (Å²) in [4.78, 5) is 10.7. The molecule has 0 aromatic rings. The third kappa shape index (κ3) is 17.7. The number of carbonyl (C=O) groups is 1. The molecule has 0 aliphatic carbocycles. The van der Waals surface area contributed by atoms with Gasteiger partial charge >= 0.3 is 0 Å². The van der Waals surface area contributed by atoms with Crippen LogP contribution in [0.2, 0.25) is 0 Å². The summed E-state index contributed by atoms with van der Waals surface area (Å²) in [5.41, 5.74) is 0. The predicted octanol–water partition coefficient (Wildman–Crippen LogP) is 1.69. The summed E-state index contributed by atoms with van der Waals surface area (Å²) in [5, 5.41) is 6.89. The van der Waals surface area contributed by atoms with Crippen molar-refractivity contribution in [1.29, 1.82) is 0 Å². The zero-order valence-electron chi connectivity index (χ0n) is 7.00. The molecule has 0 bridgehead atoms. The fourth-order valence-corrected chi connectivity index (χ4v) is 0.671. The zero-order valence-corrected chi connectivity index (χ0v) is 7.00. The van der Waals surface area contributed by atoms with Crippen molar-refractivity contribution >= 4 is 6.47 Å². The van der Waals surface area contributed by atoms with E-state index in [0.717, 1.165) is 0 Å². The molecule has 0 rings (SSSR count). The highest BCUT2D eigenvalue weighted by Crippen LogP contribution is 1.81. The number of hydrogen-bond acceptors (Lipinski definition) is 2. The molecule has 0 radical (unpaired) electrons. The first-order valence-electron chi connectivity index (χ1n) is 3.56. The van der Waals surface area contributed by atoms with Crippen molar-refractivity contribution in [2.24, 2.45) is 0 Å². The van der Waals surface area contributed by atoms with Gasteiger partial charge in [0, 0.05) is 0 Å². The number of carboxylic acid groups (broad SMARTS) is 1. The number of rotatable bonds is 3. The molecule has 0 aliphatic heterocycles. The molecule has 11 heavy (non-hydrogen) atoms. The SMILES string of the molecule is C.CCN(CC)CC.O=CO. The molecular weight excluding hydrogens is 142 g/mol. The second-order valence-electron chi connectivity index (χ2n) is 1.72. The fourth-order valence-electron chi connectivity index (χ4n) is 0.671. The molecule has 0 heterocycles. The van der Waals surface area contributed by atoms with Gasteiger partial charge in [0.25, 0.3) is 6.47 Å². The highest BCUT2D eigenvalue weighted by Gasteiger charge is 1.89. The second-order valence-corrected chi connectivity index (χ2v) is 1.72. The van der Waals surface area contributed by atoms with Crippen LogP contribution in [0.4, 0.5) is 0 Å². The van der Waals surface area contributed by atoms with E-state index in [9.17, 15) is 0 Å². The smallest absolute Gasteiger partial charge is 0.290 e. The standard InChI is InChI=1S/C6H15N.CH2O2.CH4/c1-4-7(5-2)6-3;2-1-3;/h4-6H2,1-3H3;1H,(H,2,3);1H4. The Kier molecular flexibility index (Phi) is 24.8. The van der Waals surface area contributed by atoms with Crippen LogP contribution in [0.1, 0.15) is 28.2 Å². The van der Waals surface area contributed by atoms with Crippen LogP contribution in [0.15, 0.2) is 0 Å². The predicted molar refractivity (Wildman–Crippen MR) is 48.9 cm³/mol. The Morgan fingerprint density at radius 2 is 1.36 bits per heavy atom. The molecule has 0 aromatic carbocycles. The first-order valence-corrected chi connectivity index (χ1v) is 3.56. The van der Waals surface area contributed by atoms with Gasteiger partial charge in [0.2, 0.25) is 0 Å². The van der Waals surface area contributed by atoms with Crippen LogP contribution in [0.5, 0.6) is 0 Å². The Bertz CT molecular complexity index is 57.6. The van der Waals surface area contributed by atoms with Crippen molar-refractivity contribution in [2.45, 2.75) is 28.2 Å². The van der Waals surface area contributed by atoms with E-state index in [1.165, 1.54) is 19.6 Å². The quantitative estimate of drug-likeness (QED) is 0.643. The lowest BCUT2D eigenvalue weighted by Crippen LogP contribution is -2.21. The van der Waals surface area contributed by atoms with Gasteiger partial charge in [0.05, 0.1) is 0 Å². The Balaban J connectivity index is -0.000000140. The summed E-state index contributed by atoms with van der Waals surface area (Å²) < 4.78 is 0. The van der Waals surface area contributed by atoms with E-state index in [4.69, 9.17) is 9.90 Å². The molecule has 0 unspecified atom stereocenters. The maximum atomic E-state index is 8.36. The third-order valence-corrected chi connectivity index (χ3v) is 1.34. The van der Waals surface area contributed by atoms with Gasteiger partial charge in [-0.1, -0.05) is 28.2 Å². The van der Waals surface area contributed by atoms with E-state index >= 15 is 0 Å².